The molecular formula is C14H15NOS. The summed E-state index contributed by atoms with van der Waals surface area (Å²) in [5.74, 6) is -0.00555. The minimum Gasteiger partial charge on any atom is -0.345 e. The molecule has 0 fully saturated rings. The number of rotatable bonds is 3. The molecule has 3 heteroatoms. The minimum atomic E-state index is -0.00555. The van der Waals surface area contributed by atoms with Crippen LogP contribution in [0.3, 0.4) is 0 Å². The van der Waals surface area contributed by atoms with Gasteiger partial charge in [-0.3, -0.25) is 4.79 Å². The largest absolute Gasteiger partial charge is 0.345 e. The Balaban J connectivity index is 2.07. The van der Waals surface area contributed by atoms with Crippen LogP contribution in [0.2, 0.25) is 0 Å². The number of benzene rings is 1. The van der Waals surface area contributed by atoms with E-state index in [2.05, 4.69) is 24.4 Å². The Morgan fingerprint density at radius 3 is 2.76 bits per heavy atom. The molecule has 0 saturated heterocycles. The summed E-state index contributed by atoms with van der Waals surface area (Å²) >= 11 is 1.46. The van der Waals surface area contributed by atoms with Crippen LogP contribution in [0.4, 0.5) is 0 Å². The Bertz CT molecular complexity index is 505. The van der Waals surface area contributed by atoms with Gasteiger partial charge in [-0.1, -0.05) is 35.9 Å². The van der Waals surface area contributed by atoms with Gasteiger partial charge < -0.3 is 5.32 Å². The second-order valence-electron chi connectivity index (χ2n) is 4.09. The number of amides is 1. The van der Waals surface area contributed by atoms with Crippen LogP contribution in [0.1, 0.15) is 33.8 Å². The van der Waals surface area contributed by atoms with E-state index in [1.807, 2.05) is 36.6 Å². The third-order valence-electron chi connectivity index (χ3n) is 2.63. The molecule has 0 unspecified atom stereocenters. The second kappa shape index (κ2) is 5.15. The monoisotopic (exact) mass is 245 g/mol. The van der Waals surface area contributed by atoms with Crippen LogP contribution in [0, 0.1) is 6.92 Å². The molecule has 1 atom stereocenters. The van der Waals surface area contributed by atoms with Gasteiger partial charge in [0.05, 0.1) is 10.9 Å². The second-order valence-corrected chi connectivity index (χ2v) is 5.03. The Hall–Kier alpha value is -1.61. The van der Waals surface area contributed by atoms with Crippen LogP contribution in [-0.2, 0) is 0 Å². The van der Waals surface area contributed by atoms with Crippen molar-refractivity contribution in [2.24, 2.45) is 0 Å². The topological polar surface area (TPSA) is 29.1 Å². The van der Waals surface area contributed by atoms with Gasteiger partial charge in [0.25, 0.3) is 5.91 Å². The number of hydrogen-bond donors (Lipinski definition) is 1. The summed E-state index contributed by atoms with van der Waals surface area (Å²) in [6, 6.07) is 11.9. The molecule has 0 spiro atoms. The predicted molar refractivity (Wildman–Crippen MR) is 71.4 cm³/mol. The molecule has 0 bridgehead atoms. The van der Waals surface area contributed by atoms with Gasteiger partial charge in [-0.2, -0.15) is 0 Å². The molecule has 1 aromatic carbocycles. The van der Waals surface area contributed by atoms with E-state index in [1.165, 1.54) is 16.9 Å². The molecule has 2 aromatic rings. The van der Waals surface area contributed by atoms with E-state index in [4.69, 9.17) is 0 Å². The van der Waals surface area contributed by atoms with Gasteiger partial charge in [0, 0.05) is 0 Å². The van der Waals surface area contributed by atoms with Crippen molar-refractivity contribution in [1.29, 1.82) is 0 Å². The molecule has 1 N–H and O–H groups in total. The average molecular weight is 245 g/mol. The number of hydrogen-bond acceptors (Lipinski definition) is 2. The zero-order valence-corrected chi connectivity index (χ0v) is 10.8. The SMILES string of the molecule is Cc1cccc([C@@H](C)NC(=O)c2cccs2)c1. The molecule has 88 valence electrons. The smallest absolute Gasteiger partial charge is 0.261 e. The molecule has 1 aromatic heterocycles. The Morgan fingerprint density at radius 1 is 1.29 bits per heavy atom. The highest BCUT2D eigenvalue weighted by Gasteiger charge is 2.11. The average Bonchev–Trinajstić information content (AvgIpc) is 2.82. The van der Waals surface area contributed by atoms with Crippen molar-refractivity contribution in [3.8, 4) is 0 Å². The standard InChI is InChI=1S/C14H15NOS/c1-10-5-3-6-12(9-10)11(2)15-14(16)13-7-4-8-17-13/h3-9,11H,1-2H3,(H,15,16)/t11-/m1/s1. The van der Waals surface area contributed by atoms with Crippen LogP contribution in [0.5, 0.6) is 0 Å². The summed E-state index contributed by atoms with van der Waals surface area (Å²) in [7, 11) is 0. The minimum absolute atomic E-state index is 0.00555. The number of aryl methyl sites for hydroxylation is 1. The lowest BCUT2D eigenvalue weighted by molar-refractivity contribution is 0.0944. The van der Waals surface area contributed by atoms with Gasteiger partial charge in [-0.05, 0) is 30.9 Å². The lowest BCUT2D eigenvalue weighted by Crippen LogP contribution is -2.25. The summed E-state index contributed by atoms with van der Waals surface area (Å²) in [5.41, 5.74) is 2.34. The molecule has 0 aliphatic heterocycles. The Kier molecular flexibility index (Phi) is 3.59. The highest BCUT2D eigenvalue weighted by Crippen LogP contribution is 2.15. The van der Waals surface area contributed by atoms with Crippen LogP contribution in [0.15, 0.2) is 41.8 Å². The molecular weight excluding hydrogens is 230 g/mol. The summed E-state index contributed by atoms with van der Waals surface area (Å²) in [5, 5.41) is 4.91. The van der Waals surface area contributed by atoms with E-state index in [-0.39, 0.29) is 11.9 Å². The molecule has 1 amide bonds. The number of carbonyl (C=O) groups is 1. The van der Waals surface area contributed by atoms with Crippen LogP contribution in [0.25, 0.3) is 0 Å². The summed E-state index contributed by atoms with van der Waals surface area (Å²) < 4.78 is 0. The van der Waals surface area contributed by atoms with Gasteiger partial charge >= 0.3 is 0 Å². The van der Waals surface area contributed by atoms with E-state index in [9.17, 15) is 4.79 Å². The first-order valence-corrected chi connectivity index (χ1v) is 6.46. The van der Waals surface area contributed by atoms with Crippen molar-refractivity contribution in [3.63, 3.8) is 0 Å². The van der Waals surface area contributed by atoms with Gasteiger partial charge in [-0.25, -0.2) is 0 Å². The fraction of sp³-hybridized carbons (Fsp3) is 0.214. The first-order chi connectivity index (χ1) is 8.16. The molecule has 17 heavy (non-hydrogen) atoms. The predicted octanol–water partition coefficient (Wildman–Crippen LogP) is 3.55. The maximum absolute atomic E-state index is 11.9. The van der Waals surface area contributed by atoms with Crippen molar-refractivity contribution >= 4 is 17.2 Å². The fourth-order valence-electron chi connectivity index (χ4n) is 1.70. The van der Waals surface area contributed by atoms with Crippen molar-refractivity contribution < 1.29 is 4.79 Å². The summed E-state index contributed by atoms with van der Waals surface area (Å²) in [4.78, 5) is 12.6. The third kappa shape index (κ3) is 2.94. The van der Waals surface area contributed by atoms with Crippen molar-refractivity contribution in [3.05, 3.63) is 57.8 Å². The highest BCUT2D eigenvalue weighted by atomic mass is 32.1. The first-order valence-electron chi connectivity index (χ1n) is 5.58. The van der Waals surface area contributed by atoms with Gasteiger partial charge in [0.15, 0.2) is 0 Å². The first kappa shape index (κ1) is 11.9. The van der Waals surface area contributed by atoms with Crippen molar-refractivity contribution in [2.75, 3.05) is 0 Å². The lowest BCUT2D eigenvalue weighted by atomic mass is 10.1. The molecule has 2 nitrogen and oxygen atoms in total. The van der Waals surface area contributed by atoms with E-state index in [0.717, 1.165) is 10.4 Å². The molecule has 0 saturated carbocycles. The van der Waals surface area contributed by atoms with E-state index in [0.29, 0.717) is 0 Å². The van der Waals surface area contributed by atoms with Crippen LogP contribution >= 0.6 is 11.3 Å². The molecule has 1 heterocycles. The van der Waals surface area contributed by atoms with Crippen molar-refractivity contribution in [2.45, 2.75) is 19.9 Å². The number of thiophene rings is 1. The van der Waals surface area contributed by atoms with E-state index >= 15 is 0 Å². The number of carbonyl (C=O) groups excluding carboxylic acids is 1. The maximum Gasteiger partial charge on any atom is 0.261 e. The Labute approximate surface area is 105 Å². The normalized spacial score (nSPS) is 12.1. The molecule has 0 aliphatic rings. The van der Waals surface area contributed by atoms with Crippen molar-refractivity contribution in [1.82, 2.24) is 5.32 Å². The highest BCUT2D eigenvalue weighted by molar-refractivity contribution is 7.12. The fourth-order valence-corrected chi connectivity index (χ4v) is 2.33. The Morgan fingerprint density at radius 2 is 2.12 bits per heavy atom. The molecule has 0 radical (unpaired) electrons. The maximum atomic E-state index is 11.9. The quantitative estimate of drug-likeness (QED) is 0.880. The molecule has 2 rings (SSSR count). The summed E-state index contributed by atoms with van der Waals surface area (Å²) in [6.45, 7) is 4.05. The van der Waals surface area contributed by atoms with Gasteiger partial charge in [0.1, 0.15) is 0 Å². The van der Waals surface area contributed by atoms with Gasteiger partial charge in [-0.15, -0.1) is 11.3 Å². The van der Waals surface area contributed by atoms with E-state index < -0.39 is 0 Å². The van der Waals surface area contributed by atoms with Crippen LogP contribution in [-0.4, -0.2) is 5.91 Å². The van der Waals surface area contributed by atoms with Gasteiger partial charge in [0.2, 0.25) is 0 Å². The van der Waals surface area contributed by atoms with E-state index in [1.54, 1.807) is 0 Å². The summed E-state index contributed by atoms with van der Waals surface area (Å²) in [6.07, 6.45) is 0. The van der Waals surface area contributed by atoms with Crippen LogP contribution < -0.4 is 5.32 Å². The molecule has 0 aliphatic carbocycles. The third-order valence-corrected chi connectivity index (χ3v) is 3.50. The lowest BCUT2D eigenvalue weighted by Gasteiger charge is -2.14. The zero-order chi connectivity index (χ0) is 12.3. The number of nitrogens with one attached hydrogen (secondary N) is 1. The zero-order valence-electron chi connectivity index (χ0n) is 9.94.